The first-order chi connectivity index (χ1) is 21.4. The molecule has 2 fully saturated rings. The molecule has 3 aromatic rings. The summed E-state index contributed by atoms with van der Waals surface area (Å²) in [5.74, 6) is 2.90. The molecular weight excluding hydrogens is 540 g/mol. The number of aliphatic hydroxyl groups excluding tert-OH is 1. The minimum atomic E-state index is -0.310. The fourth-order valence-electron chi connectivity index (χ4n) is 7.98. The van der Waals surface area contributed by atoms with Crippen molar-refractivity contribution >= 4 is 16.7 Å². The average molecular weight is 595 g/mol. The molecule has 0 saturated heterocycles. The largest absolute Gasteiger partial charge is 0.462 e. The van der Waals surface area contributed by atoms with Gasteiger partial charge in [-0.2, -0.15) is 0 Å². The molecular formula is C41H54O3. The highest BCUT2D eigenvalue weighted by Crippen LogP contribution is 2.42. The van der Waals surface area contributed by atoms with E-state index in [1.54, 1.807) is 6.92 Å². The number of aryl methyl sites for hydroxylation is 1. The monoisotopic (exact) mass is 594 g/mol. The van der Waals surface area contributed by atoms with E-state index in [4.69, 9.17) is 4.74 Å². The Morgan fingerprint density at radius 1 is 0.841 bits per heavy atom. The molecule has 0 bridgehead atoms. The number of hydrogen-bond acceptors (Lipinski definition) is 3. The van der Waals surface area contributed by atoms with Crippen LogP contribution >= 0.6 is 0 Å². The molecule has 0 aliphatic heterocycles. The van der Waals surface area contributed by atoms with Gasteiger partial charge in [0.05, 0.1) is 6.61 Å². The minimum Gasteiger partial charge on any atom is -0.462 e. The maximum absolute atomic E-state index is 11.9. The zero-order valence-electron chi connectivity index (χ0n) is 27.2. The molecule has 3 aromatic carbocycles. The van der Waals surface area contributed by atoms with Crippen LogP contribution in [0, 0.1) is 23.7 Å². The highest BCUT2D eigenvalue weighted by atomic mass is 16.5. The number of benzene rings is 3. The lowest BCUT2D eigenvalue weighted by Crippen LogP contribution is -2.27. The van der Waals surface area contributed by atoms with Crippen LogP contribution in [0.1, 0.15) is 108 Å². The van der Waals surface area contributed by atoms with E-state index in [9.17, 15) is 9.90 Å². The summed E-state index contributed by atoms with van der Waals surface area (Å²) < 4.78 is 5.47. The van der Waals surface area contributed by atoms with E-state index >= 15 is 0 Å². The maximum atomic E-state index is 11.9. The Morgan fingerprint density at radius 3 is 2.09 bits per heavy atom. The van der Waals surface area contributed by atoms with E-state index in [2.05, 4.69) is 74.2 Å². The fraction of sp³-hybridized carbons (Fsp3) is 0.537. The normalized spacial score (nSPS) is 22.9. The highest BCUT2D eigenvalue weighted by molar-refractivity contribution is 5.88. The topological polar surface area (TPSA) is 46.5 Å². The number of hydrogen-bond donors (Lipinski definition) is 1. The molecule has 5 rings (SSSR count). The highest BCUT2D eigenvalue weighted by Gasteiger charge is 2.29. The molecule has 1 N–H and O–H groups in total. The predicted octanol–water partition coefficient (Wildman–Crippen LogP) is 10.4. The van der Waals surface area contributed by atoms with E-state index in [-0.39, 0.29) is 18.5 Å². The first-order valence-corrected chi connectivity index (χ1v) is 17.5. The fourth-order valence-corrected chi connectivity index (χ4v) is 7.98. The second-order valence-electron chi connectivity index (χ2n) is 14.0. The summed E-state index contributed by atoms with van der Waals surface area (Å²) in [6, 6.07) is 23.2. The van der Waals surface area contributed by atoms with Crippen molar-refractivity contribution in [1.29, 1.82) is 0 Å². The zero-order valence-corrected chi connectivity index (χ0v) is 27.2. The average Bonchev–Trinajstić information content (AvgIpc) is 3.06. The molecule has 1 unspecified atom stereocenters. The third-order valence-electron chi connectivity index (χ3n) is 10.8. The summed E-state index contributed by atoms with van der Waals surface area (Å²) >= 11 is 0. The van der Waals surface area contributed by atoms with Crippen LogP contribution in [0.4, 0.5) is 0 Å². The van der Waals surface area contributed by atoms with Gasteiger partial charge in [0.15, 0.2) is 0 Å². The van der Waals surface area contributed by atoms with Crippen molar-refractivity contribution in [1.82, 2.24) is 0 Å². The van der Waals surface area contributed by atoms with Gasteiger partial charge in [-0.15, -0.1) is 0 Å². The van der Waals surface area contributed by atoms with Gasteiger partial charge in [-0.1, -0.05) is 100 Å². The Labute approximate surface area is 266 Å². The minimum absolute atomic E-state index is 0.159. The zero-order chi connectivity index (χ0) is 30.9. The van der Waals surface area contributed by atoms with Gasteiger partial charge in [0.25, 0.3) is 0 Å². The number of aliphatic hydroxyl groups is 1. The summed E-state index contributed by atoms with van der Waals surface area (Å²) in [7, 11) is 0. The van der Waals surface area contributed by atoms with Crippen LogP contribution in [0.5, 0.6) is 0 Å². The van der Waals surface area contributed by atoms with Crippen molar-refractivity contribution in [2.75, 3.05) is 13.2 Å². The Kier molecular flexibility index (Phi) is 11.7. The Hall–Kier alpha value is -2.91. The first kappa shape index (κ1) is 32.5. The molecule has 2 aliphatic rings. The van der Waals surface area contributed by atoms with Crippen molar-refractivity contribution in [2.24, 2.45) is 23.7 Å². The summed E-state index contributed by atoms with van der Waals surface area (Å²) in [4.78, 5) is 11.9. The third-order valence-corrected chi connectivity index (χ3v) is 10.8. The molecule has 2 saturated carbocycles. The Balaban J connectivity index is 1.06. The van der Waals surface area contributed by atoms with Gasteiger partial charge in [0.2, 0.25) is 0 Å². The van der Waals surface area contributed by atoms with Crippen LogP contribution in [-0.2, 0) is 16.0 Å². The molecule has 0 heterocycles. The van der Waals surface area contributed by atoms with E-state index in [1.165, 1.54) is 104 Å². The number of carbonyl (C=O) groups excluding carboxylic acids is 1. The van der Waals surface area contributed by atoms with Gasteiger partial charge in [-0.25, -0.2) is 4.79 Å². The van der Waals surface area contributed by atoms with Crippen LogP contribution in [0.2, 0.25) is 0 Å². The summed E-state index contributed by atoms with van der Waals surface area (Å²) in [5.41, 5.74) is 5.99. The van der Waals surface area contributed by atoms with Gasteiger partial charge in [-0.05, 0) is 127 Å². The van der Waals surface area contributed by atoms with Crippen molar-refractivity contribution < 1.29 is 14.6 Å². The van der Waals surface area contributed by atoms with Crippen molar-refractivity contribution in [3.05, 3.63) is 83.9 Å². The van der Waals surface area contributed by atoms with Crippen LogP contribution in [0.15, 0.2) is 72.8 Å². The lowest BCUT2D eigenvalue weighted by Gasteiger charge is -2.35. The third kappa shape index (κ3) is 8.62. The Morgan fingerprint density at radius 2 is 1.45 bits per heavy atom. The van der Waals surface area contributed by atoms with Crippen molar-refractivity contribution in [3.8, 4) is 11.1 Å². The molecule has 0 aromatic heterocycles. The number of carbonyl (C=O) groups is 1. The quantitative estimate of drug-likeness (QED) is 0.158. The Bertz CT molecular complexity index is 1360. The second kappa shape index (κ2) is 15.9. The first-order valence-electron chi connectivity index (χ1n) is 17.5. The van der Waals surface area contributed by atoms with E-state index in [0.717, 1.165) is 18.3 Å². The molecule has 3 nitrogen and oxygen atoms in total. The van der Waals surface area contributed by atoms with Gasteiger partial charge in [0.1, 0.15) is 0 Å². The van der Waals surface area contributed by atoms with Crippen LogP contribution in [0.3, 0.4) is 0 Å². The number of esters is 1. The molecule has 0 spiro atoms. The van der Waals surface area contributed by atoms with E-state index in [0.29, 0.717) is 30.4 Å². The van der Waals surface area contributed by atoms with Gasteiger partial charge >= 0.3 is 5.97 Å². The number of ether oxygens (including phenoxy) is 1. The molecule has 0 amide bonds. The smallest absolute Gasteiger partial charge is 0.333 e. The lowest BCUT2D eigenvalue weighted by molar-refractivity contribution is -0.141. The second-order valence-corrected chi connectivity index (χ2v) is 14.0. The SMILES string of the molecule is C=C(C)C(=O)OCC(CCO)C1CCC(CCC2CCC(c3ccc4cc(-c5ccc(CCC)cc5)ccc4c3)CC2)CC1. The summed E-state index contributed by atoms with van der Waals surface area (Å²) in [6.45, 7) is 8.18. The van der Waals surface area contributed by atoms with Crippen LogP contribution in [0.25, 0.3) is 21.9 Å². The number of rotatable bonds is 13. The molecule has 236 valence electrons. The van der Waals surface area contributed by atoms with Crippen LogP contribution in [-0.4, -0.2) is 24.3 Å². The maximum Gasteiger partial charge on any atom is 0.333 e. The molecule has 44 heavy (non-hydrogen) atoms. The standard InChI is InChI=1S/C41H54O3/c1-4-5-30-8-14-33(15-9-30)36-20-22-39-27-37(21-23-38(39)26-36)34-16-10-31(11-17-34)6-7-32-12-18-35(19-13-32)40(24-25-42)28-44-41(43)29(2)3/h8-9,14-15,20-23,26-27,31-32,34-35,40,42H,2,4-7,10-13,16-19,24-25,28H2,1,3H3. The summed E-state index contributed by atoms with van der Waals surface area (Å²) in [6.07, 6.45) is 16.1. The molecule has 2 aliphatic carbocycles. The number of fused-ring (bicyclic) bond motifs is 1. The molecule has 3 heteroatoms. The van der Waals surface area contributed by atoms with E-state index < -0.39 is 0 Å². The molecule has 1 atom stereocenters. The van der Waals surface area contributed by atoms with Crippen molar-refractivity contribution in [3.63, 3.8) is 0 Å². The lowest BCUT2D eigenvalue weighted by atomic mass is 9.72. The van der Waals surface area contributed by atoms with E-state index in [1.807, 2.05) is 0 Å². The van der Waals surface area contributed by atoms with Crippen molar-refractivity contribution in [2.45, 2.75) is 103 Å². The van der Waals surface area contributed by atoms with Gasteiger partial charge < -0.3 is 9.84 Å². The predicted molar refractivity (Wildman–Crippen MR) is 184 cm³/mol. The van der Waals surface area contributed by atoms with Crippen LogP contribution < -0.4 is 0 Å². The summed E-state index contributed by atoms with van der Waals surface area (Å²) in [5, 5.41) is 12.3. The molecule has 0 radical (unpaired) electrons. The van der Waals surface area contributed by atoms with Gasteiger partial charge in [-0.3, -0.25) is 0 Å². The van der Waals surface area contributed by atoms with Gasteiger partial charge in [0, 0.05) is 12.2 Å².